The molecule has 0 amide bonds. The molecule has 2 N–H and O–H groups in total. The molecule has 0 unspecified atom stereocenters. The number of hydrogen-bond acceptors (Lipinski definition) is 3. The molecule has 1 aromatic carbocycles. The molecule has 15 heavy (non-hydrogen) atoms. The highest BCUT2D eigenvalue weighted by Gasteiger charge is 2.41. The Labute approximate surface area is 97.7 Å². The molecule has 1 fully saturated rings. The van der Waals surface area contributed by atoms with E-state index in [-0.39, 0.29) is 5.54 Å². The van der Waals surface area contributed by atoms with Crippen LogP contribution in [0.25, 0.3) is 0 Å². The van der Waals surface area contributed by atoms with Crippen molar-refractivity contribution in [3.8, 4) is 11.5 Å². The second kappa shape index (κ2) is 3.68. The van der Waals surface area contributed by atoms with E-state index in [0.717, 1.165) is 34.4 Å². The van der Waals surface area contributed by atoms with Crippen molar-refractivity contribution in [1.82, 2.24) is 0 Å². The van der Waals surface area contributed by atoms with E-state index in [1.807, 2.05) is 12.1 Å². The molecule has 0 atom stereocenters. The van der Waals surface area contributed by atoms with Crippen molar-refractivity contribution in [1.29, 1.82) is 0 Å². The first-order chi connectivity index (χ1) is 7.10. The van der Waals surface area contributed by atoms with Gasteiger partial charge in [0.05, 0.1) is 14.2 Å². The molecule has 0 heterocycles. The predicted molar refractivity (Wildman–Crippen MR) is 62.3 cm³/mol. The molecule has 82 valence electrons. The Hall–Kier alpha value is -0.740. The first-order valence-electron chi connectivity index (χ1n) is 4.81. The number of halogens is 1. The van der Waals surface area contributed by atoms with E-state index in [0.29, 0.717) is 0 Å². The van der Waals surface area contributed by atoms with Crippen molar-refractivity contribution >= 4 is 15.9 Å². The van der Waals surface area contributed by atoms with Crippen LogP contribution in [0.1, 0.15) is 18.4 Å². The average molecular weight is 272 g/mol. The lowest BCUT2D eigenvalue weighted by Crippen LogP contribution is -2.19. The molecule has 4 heteroatoms. The van der Waals surface area contributed by atoms with Gasteiger partial charge in [-0.2, -0.15) is 0 Å². The summed E-state index contributed by atoms with van der Waals surface area (Å²) in [5, 5.41) is 0. The minimum absolute atomic E-state index is 0.168. The zero-order valence-corrected chi connectivity index (χ0v) is 10.4. The van der Waals surface area contributed by atoms with Crippen LogP contribution >= 0.6 is 15.9 Å². The van der Waals surface area contributed by atoms with Crippen molar-refractivity contribution in [2.24, 2.45) is 5.73 Å². The first-order valence-corrected chi connectivity index (χ1v) is 5.61. The molecular weight excluding hydrogens is 258 g/mol. The number of hydrogen-bond donors (Lipinski definition) is 1. The number of ether oxygens (including phenoxy) is 2. The number of rotatable bonds is 3. The van der Waals surface area contributed by atoms with Crippen LogP contribution < -0.4 is 15.2 Å². The fourth-order valence-corrected chi connectivity index (χ4v) is 2.36. The van der Waals surface area contributed by atoms with Crippen LogP contribution in [0.4, 0.5) is 0 Å². The molecule has 0 aromatic heterocycles. The third-order valence-corrected chi connectivity index (χ3v) is 3.45. The Bertz CT molecular complexity index is 388. The van der Waals surface area contributed by atoms with E-state index in [1.54, 1.807) is 14.2 Å². The molecule has 1 aliphatic rings. The molecule has 0 radical (unpaired) electrons. The quantitative estimate of drug-likeness (QED) is 0.919. The largest absolute Gasteiger partial charge is 0.493 e. The zero-order valence-electron chi connectivity index (χ0n) is 8.84. The highest BCUT2D eigenvalue weighted by Crippen LogP contribution is 2.48. The summed E-state index contributed by atoms with van der Waals surface area (Å²) in [6.45, 7) is 0. The summed E-state index contributed by atoms with van der Waals surface area (Å²) < 4.78 is 11.4. The van der Waals surface area contributed by atoms with E-state index < -0.39 is 0 Å². The van der Waals surface area contributed by atoms with Crippen LogP contribution in [0.3, 0.4) is 0 Å². The molecule has 0 spiro atoms. The summed E-state index contributed by atoms with van der Waals surface area (Å²) in [5.74, 6) is 1.45. The fraction of sp³-hybridized carbons (Fsp3) is 0.455. The maximum absolute atomic E-state index is 6.16. The van der Waals surface area contributed by atoms with Gasteiger partial charge in [0.1, 0.15) is 0 Å². The second-order valence-electron chi connectivity index (χ2n) is 3.84. The van der Waals surface area contributed by atoms with E-state index >= 15 is 0 Å². The summed E-state index contributed by atoms with van der Waals surface area (Å²) in [5.41, 5.74) is 7.09. The monoisotopic (exact) mass is 271 g/mol. The van der Waals surface area contributed by atoms with Crippen molar-refractivity contribution in [3.63, 3.8) is 0 Å². The molecule has 1 saturated carbocycles. The van der Waals surface area contributed by atoms with E-state index in [9.17, 15) is 0 Å². The smallest absolute Gasteiger partial charge is 0.161 e. The lowest BCUT2D eigenvalue weighted by molar-refractivity contribution is 0.354. The third-order valence-electron chi connectivity index (χ3n) is 2.80. The van der Waals surface area contributed by atoms with E-state index in [2.05, 4.69) is 15.9 Å². The molecule has 0 bridgehead atoms. The zero-order chi connectivity index (χ0) is 11.1. The van der Waals surface area contributed by atoms with Crippen LogP contribution in [0.2, 0.25) is 0 Å². The summed E-state index contributed by atoms with van der Waals surface area (Å²) >= 11 is 3.51. The molecule has 3 nitrogen and oxygen atoms in total. The molecule has 1 aliphatic carbocycles. The Morgan fingerprint density at radius 2 is 1.73 bits per heavy atom. The van der Waals surface area contributed by atoms with Gasteiger partial charge in [-0.15, -0.1) is 0 Å². The van der Waals surface area contributed by atoms with Gasteiger partial charge in [0.2, 0.25) is 0 Å². The minimum atomic E-state index is -0.168. The van der Waals surface area contributed by atoms with Gasteiger partial charge in [-0.3, -0.25) is 0 Å². The van der Waals surface area contributed by atoms with Gasteiger partial charge < -0.3 is 15.2 Å². The SMILES string of the molecule is COc1cc(Br)c(C2(N)CC2)cc1OC. The molecule has 2 rings (SSSR count). The predicted octanol–water partition coefficient (Wildman–Crippen LogP) is 2.41. The van der Waals surface area contributed by atoms with Crippen LogP contribution in [0, 0.1) is 0 Å². The van der Waals surface area contributed by atoms with Crippen LogP contribution in [-0.2, 0) is 5.54 Å². The molecule has 0 aliphatic heterocycles. The summed E-state index contributed by atoms with van der Waals surface area (Å²) in [6, 6.07) is 3.86. The van der Waals surface area contributed by atoms with Gasteiger partial charge in [0, 0.05) is 10.0 Å². The van der Waals surface area contributed by atoms with Gasteiger partial charge in [0.25, 0.3) is 0 Å². The maximum atomic E-state index is 6.16. The van der Waals surface area contributed by atoms with E-state index in [1.165, 1.54) is 0 Å². The first kappa shape index (κ1) is 10.8. The lowest BCUT2D eigenvalue weighted by Gasteiger charge is -2.15. The van der Waals surface area contributed by atoms with Crippen LogP contribution in [-0.4, -0.2) is 14.2 Å². The lowest BCUT2D eigenvalue weighted by atomic mass is 10.1. The topological polar surface area (TPSA) is 44.5 Å². The van der Waals surface area contributed by atoms with Gasteiger partial charge in [0.15, 0.2) is 11.5 Å². The molecule has 0 saturated heterocycles. The Kier molecular flexibility index (Phi) is 2.64. The number of benzene rings is 1. The van der Waals surface area contributed by atoms with Gasteiger partial charge in [-0.05, 0) is 30.5 Å². The van der Waals surface area contributed by atoms with Gasteiger partial charge in [-0.25, -0.2) is 0 Å². The van der Waals surface area contributed by atoms with Crippen molar-refractivity contribution in [3.05, 3.63) is 22.2 Å². The Balaban J connectivity index is 2.48. The minimum Gasteiger partial charge on any atom is -0.493 e. The standard InChI is InChI=1S/C11H14BrNO2/c1-14-9-5-7(11(13)3-4-11)8(12)6-10(9)15-2/h5-6H,3-4,13H2,1-2H3. The number of nitrogens with two attached hydrogens (primary N) is 1. The Morgan fingerprint density at radius 3 is 2.20 bits per heavy atom. The maximum Gasteiger partial charge on any atom is 0.161 e. The van der Waals surface area contributed by atoms with Gasteiger partial charge >= 0.3 is 0 Å². The van der Waals surface area contributed by atoms with Crippen molar-refractivity contribution < 1.29 is 9.47 Å². The fourth-order valence-electron chi connectivity index (χ4n) is 1.64. The van der Waals surface area contributed by atoms with Gasteiger partial charge in [-0.1, -0.05) is 15.9 Å². The third kappa shape index (κ3) is 1.84. The molecule has 1 aromatic rings. The normalized spacial score (nSPS) is 17.3. The second-order valence-corrected chi connectivity index (χ2v) is 4.70. The summed E-state index contributed by atoms with van der Waals surface area (Å²) in [4.78, 5) is 0. The summed E-state index contributed by atoms with van der Waals surface area (Å²) in [7, 11) is 3.25. The average Bonchev–Trinajstić information content (AvgIpc) is 2.96. The molecular formula is C11H14BrNO2. The highest BCUT2D eigenvalue weighted by molar-refractivity contribution is 9.10. The summed E-state index contributed by atoms with van der Waals surface area (Å²) in [6.07, 6.45) is 2.06. The highest BCUT2D eigenvalue weighted by atomic mass is 79.9. The number of methoxy groups -OCH3 is 2. The van der Waals surface area contributed by atoms with Crippen LogP contribution in [0.5, 0.6) is 11.5 Å². The van der Waals surface area contributed by atoms with Crippen molar-refractivity contribution in [2.45, 2.75) is 18.4 Å². The van der Waals surface area contributed by atoms with Crippen LogP contribution in [0.15, 0.2) is 16.6 Å². The van der Waals surface area contributed by atoms with E-state index in [4.69, 9.17) is 15.2 Å². The van der Waals surface area contributed by atoms with Crippen molar-refractivity contribution in [2.75, 3.05) is 14.2 Å². The Morgan fingerprint density at radius 1 is 1.20 bits per heavy atom.